The van der Waals surface area contributed by atoms with E-state index in [-0.39, 0.29) is 0 Å². The van der Waals surface area contributed by atoms with Crippen molar-refractivity contribution in [1.82, 2.24) is 9.38 Å². The highest BCUT2D eigenvalue weighted by molar-refractivity contribution is 7.99. The number of fused-ring (bicyclic) bond motifs is 19. The van der Waals surface area contributed by atoms with Crippen LogP contribution >= 0.6 is 23.1 Å². The van der Waals surface area contributed by atoms with Gasteiger partial charge in [0.05, 0.1) is 27.9 Å². The summed E-state index contributed by atoms with van der Waals surface area (Å²) < 4.78 is 4.99. The van der Waals surface area contributed by atoms with Crippen LogP contribution in [0, 0.1) is 0 Å². The molecule has 3 nitrogen and oxygen atoms in total. The molecule has 0 bridgehead atoms. The number of aromatic nitrogens is 2. The zero-order chi connectivity index (χ0) is 39.1. The summed E-state index contributed by atoms with van der Waals surface area (Å²) in [5.41, 5.74) is 10.1. The summed E-state index contributed by atoms with van der Waals surface area (Å²) >= 11 is 3.75. The van der Waals surface area contributed by atoms with Crippen LogP contribution in [0.15, 0.2) is 198 Å². The number of anilines is 3. The fourth-order valence-electron chi connectivity index (χ4n) is 10.0. The largest absolute Gasteiger partial charge is 0.308 e. The predicted molar refractivity (Wildman–Crippen MR) is 257 cm³/mol. The molecule has 0 radical (unpaired) electrons. The summed E-state index contributed by atoms with van der Waals surface area (Å²) in [5.74, 6) is 0. The minimum Gasteiger partial charge on any atom is -0.308 e. The highest BCUT2D eigenvalue weighted by Crippen LogP contribution is 2.55. The molecule has 0 amide bonds. The third kappa shape index (κ3) is 4.53. The Labute approximate surface area is 352 Å². The van der Waals surface area contributed by atoms with Crippen molar-refractivity contribution in [2.75, 3.05) is 4.90 Å². The maximum Gasteiger partial charge on any atom is 0.146 e. The Morgan fingerprint density at radius 1 is 0.367 bits per heavy atom. The van der Waals surface area contributed by atoms with E-state index in [0.29, 0.717) is 0 Å². The normalized spacial score (nSPS) is 12.9. The maximum atomic E-state index is 5.41. The molecule has 60 heavy (non-hydrogen) atoms. The predicted octanol–water partition coefficient (Wildman–Crippen LogP) is 16.2. The number of pyridine rings is 1. The van der Waals surface area contributed by atoms with Crippen LogP contribution in [0.3, 0.4) is 0 Å². The van der Waals surface area contributed by atoms with Gasteiger partial charge < -0.3 is 4.90 Å². The Kier molecular flexibility index (Phi) is 6.65. The first-order chi connectivity index (χ1) is 29.7. The first kappa shape index (κ1) is 32.7. The van der Waals surface area contributed by atoms with Crippen LogP contribution in [-0.2, 0) is 0 Å². The molecule has 0 spiro atoms. The Morgan fingerprint density at radius 3 is 1.73 bits per heavy atom. The summed E-state index contributed by atoms with van der Waals surface area (Å²) in [6.07, 6.45) is 0. The average molecular weight is 798 g/mol. The Balaban J connectivity index is 1.02. The number of hydrogen-bond acceptors (Lipinski definition) is 4. The summed E-state index contributed by atoms with van der Waals surface area (Å²) in [5, 5.41) is 13.9. The van der Waals surface area contributed by atoms with E-state index in [2.05, 4.69) is 197 Å². The van der Waals surface area contributed by atoms with Gasteiger partial charge in [-0.2, -0.15) is 0 Å². The van der Waals surface area contributed by atoms with Crippen molar-refractivity contribution < 1.29 is 0 Å². The van der Waals surface area contributed by atoms with Gasteiger partial charge in [0, 0.05) is 46.4 Å². The van der Waals surface area contributed by atoms with Crippen LogP contribution in [-0.4, -0.2) is 9.38 Å². The monoisotopic (exact) mass is 797 g/mol. The van der Waals surface area contributed by atoms with Gasteiger partial charge in [0.25, 0.3) is 0 Å². The summed E-state index contributed by atoms with van der Waals surface area (Å²) in [6, 6.07) is 69.5. The van der Waals surface area contributed by atoms with Crippen molar-refractivity contribution in [3.63, 3.8) is 0 Å². The van der Waals surface area contributed by atoms with E-state index in [1.807, 2.05) is 23.1 Å². The van der Waals surface area contributed by atoms with Gasteiger partial charge in [-0.25, -0.2) is 4.98 Å². The first-order valence-corrected chi connectivity index (χ1v) is 22.0. The molecule has 13 aromatic rings. The highest BCUT2D eigenvalue weighted by atomic mass is 32.2. The lowest BCUT2D eigenvalue weighted by atomic mass is 9.93. The minimum atomic E-state index is 0.973. The second-order valence-corrected chi connectivity index (χ2v) is 18.1. The summed E-state index contributed by atoms with van der Waals surface area (Å²) in [6.45, 7) is 0. The first-order valence-electron chi connectivity index (χ1n) is 20.4. The third-order valence-corrected chi connectivity index (χ3v) is 14.9. The van der Waals surface area contributed by atoms with Crippen LogP contribution < -0.4 is 4.90 Å². The molecule has 4 heterocycles. The van der Waals surface area contributed by atoms with E-state index in [1.165, 1.54) is 101 Å². The number of rotatable bonds is 2. The number of para-hydroxylation sites is 1. The molecule has 0 N–H and O–H groups in total. The number of hydrogen-bond donors (Lipinski definition) is 0. The van der Waals surface area contributed by atoms with Crippen molar-refractivity contribution in [1.29, 1.82) is 0 Å². The van der Waals surface area contributed by atoms with Crippen LogP contribution in [0.4, 0.5) is 17.1 Å². The molecule has 14 rings (SSSR count). The number of imidazole rings is 1. The summed E-state index contributed by atoms with van der Waals surface area (Å²) in [7, 11) is 0. The molecule has 0 atom stereocenters. The zero-order valence-corrected chi connectivity index (χ0v) is 33.7. The molecule has 0 aliphatic carbocycles. The van der Waals surface area contributed by atoms with Crippen molar-refractivity contribution in [3.05, 3.63) is 188 Å². The minimum absolute atomic E-state index is 0.973. The zero-order valence-electron chi connectivity index (χ0n) is 32.1. The molecule has 1 aliphatic heterocycles. The molecule has 0 saturated carbocycles. The van der Waals surface area contributed by atoms with E-state index in [0.717, 1.165) is 27.8 Å². The van der Waals surface area contributed by atoms with Crippen LogP contribution in [0.25, 0.3) is 102 Å². The second-order valence-electron chi connectivity index (χ2n) is 15.9. The molecule has 3 aromatic heterocycles. The molecule has 278 valence electrons. The SMILES string of the molecule is c1ccc2c(c1)sc1cc(-c3ccc4c(c3)Sc3cc5c6ccccc6c6ccccc6c5cc3N4c3ccc4c(c3)nc3c5ccccc5c5ccccc5n43)ccc12. The van der Waals surface area contributed by atoms with E-state index in [4.69, 9.17) is 4.98 Å². The molecule has 0 fully saturated rings. The number of nitrogens with zero attached hydrogens (tertiary/aromatic N) is 3. The molecule has 1 aliphatic rings. The summed E-state index contributed by atoms with van der Waals surface area (Å²) in [4.78, 5) is 10.4. The van der Waals surface area contributed by atoms with Gasteiger partial charge in [-0.3, -0.25) is 4.40 Å². The highest BCUT2D eigenvalue weighted by Gasteiger charge is 2.28. The topological polar surface area (TPSA) is 20.5 Å². The molecular formula is C55H31N3S2. The lowest BCUT2D eigenvalue weighted by Gasteiger charge is -2.34. The number of benzene rings is 10. The van der Waals surface area contributed by atoms with Gasteiger partial charge in [0.15, 0.2) is 0 Å². The van der Waals surface area contributed by atoms with Gasteiger partial charge in [0.1, 0.15) is 5.65 Å². The second kappa shape index (κ2) is 12.2. The quantitative estimate of drug-likeness (QED) is 0.163. The lowest BCUT2D eigenvalue weighted by Crippen LogP contribution is -2.15. The van der Waals surface area contributed by atoms with Crippen molar-refractivity contribution in [2.24, 2.45) is 0 Å². The van der Waals surface area contributed by atoms with Crippen molar-refractivity contribution in [3.8, 4) is 11.1 Å². The molecular weight excluding hydrogens is 767 g/mol. The third-order valence-electron chi connectivity index (χ3n) is 12.7. The van der Waals surface area contributed by atoms with E-state index in [9.17, 15) is 0 Å². The lowest BCUT2D eigenvalue weighted by molar-refractivity contribution is 1.18. The van der Waals surface area contributed by atoms with Crippen LogP contribution in [0.2, 0.25) is 0 Å². The maximum absolute atomic E-state index is 5.41. The molecule has 0 saturated heterocycles. The smallest absolute Gasteiger partial charge is 0.146 e. The van der Waals surface area contributed by atoms with Crippen molar-refractivity contribution in [2.45, 2.75) is 9.79 Å². The van der Waals surface area contributed by atoms with Gasteiger partial charge in [0.2, 0.25) is 0 Å². The molecule has 10 aromatic carbocycles. The van der Waals surface area contributed by atoms with Crippen LogP contribution in [0.5, 0.6) is 0 Å². The Hall–Kier alpha value is -7.18. The fraction of sp³-hybridized carbons (Fsp3) is 0. The molecule has 5 heteroatoms. The molecule has 0 unspecified atom stereocenters. The Bertz CT molecular complexity index is 4010. The Morgan fingerprint density at radius 2 is 0.950 bits per heavy atom. The van der Waals surface area contributed by atoms with Gasteiger partial charge in [-0.05, 0) is 109 Å². The number of thiophene rings is 1. The van der Waals surface area contributed by atoms with Gasteiger partial charge >= 0.3 is 0 Å². The van der Waals surface area contributed by atoms with E-state index >= 15 is 0 Å². The van der Waals surface area contributed by atoms with Gasteiger partial charge in [-0.1, -0.05) is 139 Å². The standard InChI is InChI=1S/C55H31N3S2/c1-3-13-37-35(11-1)36-12-2-4-14-38(36)45-31-54-50(30-44(37)45)57(49-25-22-33(28-53(49)60-54)32-21-24-42-41-17-8-10-20-51(41)59-52(42)27-32)34-23-26-48-46(29-34)56-55-43-18-6-5-15-39(43)40-16-7-9-19-47(40)58(48)55/h1-31H. The fourth-order valence-corrected chi connectivity index (χ4v) is 12.3. The van der Waals surface area contributed by atoms with Crippen LogP contribution in [0.1, 0.15) is 0 Å². The van der Waals surface area contributed by atoms with Gasteiger partial charge in [-0.15, -0.1) is 11.3 Å². The average Bonchev–Trinajstić information content (AvgIpc) is 3.89. The van der Waals surface area contributed by atoms with E-state index in [1.54, 1.807) is 0 Å². The van der Waals surface area contributed by atoms with Crippen molar-refractivity contribution >= 4 is 131 Å². The van der Waals surface area contributed by atoms with E-state index < -0.39 is 0 Å².